The van der Waals surface area contributed by atoms with Gasteiger partial charge in [-0.1, -0.05) is 60.7 Å². The van der Waals surface area contributed by atoms with Crippen molar-refractivity contribution in [2.45, 2.75) is 37.5 Å². The van der Waals surface area contributed by atoms with Crippen molar-refractivity contribution in [1.29, 1.82) is 0 Å². The first-order valence-corrected chi connectivity index (χ1v) is 11.8. The second-order valence-electron chi connectivity index (χ2n) is 9.17. The van der Waals surface area contributed by atoms with Gasteiger partial charge >= 0.3 is 0 Å². The number of rotatable bonds is 4. The Kier molecular flexibility index (Phi) is 5.84. The molecule has 0 aliphatic carbocycles. The van der Waals surface area contributed by atoms with E-state index in [1.54, 1.807) is 0 Å². The summed E-state index contributed by atoms with van der Waals surface area (Å²) in [5.41, 5.74) is 12.7. The Morgan fingerprint density at radius 2 is 1.06 bits per heavy atom. The van der Waals surface area contributed by atoms with Gasteiger partial charge in [0.15, 0.2) is 0 Å². The summed E-state index contributed by atoms with van der Waals surface area (Å²) >= 11 is 0. The predicted octanol–water partition coefficient (Wildman–Crippen LogP) is 6.04. The summed E-state index contributed by atoms with van der Waals surface area (Å²) in [6.45, 7) is 4.36. The van der Waals surface area contributed by atoms with Crippen LogP contribution in [0.5, 0.6) is 0 Å². The molecule has 160 valence electrons. The fraction of sp³-hybridized carbons (Fsp3) is 0.357. The van der Waals surface area contributed by atoms with E-state index in [1.807, 2.05) is 0 Å². The Morgan fingerprint density at radius 1 is 0.613 bits per heavy atom. The lowest BCUT2D eigenvalue weighted by atomic mass is 9.90. The third-order valence-electron chi connectivity index (χ3n) is 7.04. The minimum atomic E-state index is 0.595. The van der Waals surface area contributed by atoms with Gasteiger partial charge in [0.1, 0.15) is 0 Å². The molecule has 3 aromatic rings. The van der Waals surface area contributed by atoms with Crippen molar-refractivity contribution in [2.24, 2.45) is 0 Å². The third kappa shape index (κ3) is 4.56. The summed E-state index contributed by atoms with van der Waals surface area (Å²) in [6.07, 6.45) is 4.98. The van der Waals surface area contributed by atoms with E-state index in [9.17, 15) is 0 Å². The molecule has 0 aromatic heterocycles. The largest absolute Gasteiger partial charge is 0.399 e. The van der Waals surface area contributed by atoms with Crippen molar-refractivity contribution < 1.29 is 0 Å². The van der Waals surface area contributed by atoms with Crippen molar-refractivity contribution in [2.75, 3.05) is 41.7 Å². The highest BCUT2D eigenvalue weighted by molar-refractivity contribution is 5.68. The van der Waals surface area contributed by atoms with E-state index < -0.39 is 0 Å². The molecule has 0 amide bonds. The highest BCUT2D eigenvalue weighted by Crippen LogP contribution is 2.35. The monoisotopic (exact) mass is 411 g/mol. The first-order valence-electron chi connectivity index (χ1n) is 11.8. The lowest BCUT2D eigenvalue weighted by Gasteiger charge is -2.37. The maximum absolute atomic E-state index is 6.41. The van der Waals surface area contributed by atoms with Crippen molar-refractivity contribution >= 4 is 17.1 Å². The quantitative estimate of drug-likeness (QED) is 0.532. The Morgan fingerprint density at radius 3 is 1.52 bits per heavy atom. The average Bonchev–Trinajstić information content (AvgIpc) is 2.85. The first-order chi connectivity index (χ1) is 15.3. The fourth-order valence-corrected chi connectivity index (χ4v) is 5.40. The van der Waals surface area contributed by atoms with Crippen LogP contribution in [0.1, 0.15) is 48.6 Å². The number of benzene rings is 3. The van der Waals surface area contributed by atoms with Gasteiger partial charge in [-0.15, -0.1) is 0 Å². The average molecular weight is 412 g/mol. The molecule has 0 saturated carbocycles. The van der Waals surface area contributed by atoms with Crippen LogP contribution in [-0.4, -0.2) is 26.2 Å². The molecule has 2 saturated heterocycles. The molecule has 0 spiro atoms. The highest BCUT2D eigenvalue weighted by atomic mass is 15.2. The van der Waals surface area contributed by atoms with Crippen LogP contribution in [0.2, 0.25) is 0 Å². The van der Waals surface area contributed by atoms with Crippen LogP contribution in [0.4, 0.5) is 17.1 Å². The van der Waals surface area contributed by atoms with Gasteiger partial charge < -0.3 is 15.5 Å². The summed E-state index contributed by atoms with van der Waals surface area (Å²) in [4.78, 5) is 5.08. The summed E-state index contributed by atoms with van der Waals surface area (Å²) in [7, 11) is 0. The van der Waals surface area contributed by atoms with E-state index in [-0.39, 0.29) is 0 Å². The van der Waals surface area contributed by atoms with Gasteiger partial charge in [-0.2, -0.15) is 0 Å². The molecule has 31 heavy (non-hydrogen) atoms. The van der Waals surface area contributed by atoms with E-state index >= 15 is 0 Å². The van der Waals surface area contributed by atoms with Crippen LogP contribution in [0.3, 0.4) is 0 Å². The molecular formula is C28H33N3. The predicted molar refractivity (Wildman–Crippen MR) is 132 cm³/mol. The van der Waals surface area contributed by atoms with E-state index in [0.29, 0.717) is 11.8 Å². The van der Waals surface area contributed by atoms with Crippen LogP contribution in [-0.2, 0) is 0 Å². The normalized spacial score (nSPS) is 21.8. The molecule has 2 atom stereocenters. The minimum Gasteiger partial charge on any atom is -0.399 e. The Balaban J connectivity index is 1.35. The first kappa shape index (κ1) is 20.0. The molecule has 0 radical (unpaired) electrons. The fourth-order valence-electron chi connectivity index (χ4n) is 5.40. The Hall–Kier alpha value is -2.94. The van der Waals surface area contributed by atoms with Crippen molar-refractivity contribution in [1.82, 2.24) is 0 Å². The number of nitrogen functional groups attached to an aromatic ring is 1. The van der Waals surface area contributed by atoms with Crippen LogP contribution in [0.15, 0.2) is 78.9 Å². The number of nitrogens with two attached hydrogens (primary N) is 1. The molecule has 2 aliphatic heterocycles. The van der Waals surface area contributed by atoms with Crippen LogP contribution >= 0.6 is 0 Å². The van der Waals surface area contributed by atoms with Gasteiger partial charge in [0.2, 0.25) is 0 Å². The zero-order chi connectivity index (χ0) is 21.0. The molecule has 3 nitrogen and oxygen atoms in total. The van der Waals surface area contributed by atoms with Crippen LogP contribution in [0.25, 0.3) is 0 Å². The van der Waals surface area contributed by atoms with Gasteiger partial charge in [0.05, 0.1) is 0 Å². The second kappa shape index (κ2) is 9.05. The number of hydrogen-bond donors (Lipinski definition) is 1. The number of hydrogen-bond acceptors (Lipinski definition) is 3. The number of piperidine rings is 2. The van der Waals surface area contributed by atoms with Crippen molar-refractivity contribution in [3.63, 3.8) is 0 Å². The maximum Gasteiger partial charge on any atom is 0.0407 e. The summed E-state index contributed by atoms with van der Waals surface area (Å²) < 4.78 is 0. The lowest BCUT2D eigenvalue weighted by Crippen LogP contribution is -2.36. The minimum absolute atomic E-state index is 0.595. The van der Waals surface area contributed by atoms with Gasteiger partial charge in [-0.05, 0) is 55.0 Å². The molecule has 2 fully saturated rings. The van der Waals surface area contributed by atoms with Gasteiger partial charge in [-0.25, -0.2) is 0 Å². The SMILES string of the molecule is Nc1cc(N2CCCC(c3ccccc3)C2)cc(N2CCCC(c3ccccc3)C2)c1. The zero-order valence-corrected chi connectivity index (χ0v) is 18.3. The lowest BCUT2D eigenvalue weighted by molar-refractivity contribution is 0.507. The highest BCUT2D eigenvalue weighted by Gasteiger charge is 2.24. The van der Waals surface area contributed by atoms with E-state index in [1.165, 1.54) is 48.2 Å². The molecule has 2 N–H and O–H groups in total. The second-order valence-corrected chi connectivity index (χ2v) is 9.17. The molecule has 5 rings (SSSR count). The van der Waals surface area contributed by atoms with Crippen molar-refractivity contribution in [3.05, 3.63) is 90.0 Å². The van der Waals surface area contributed by atoms with E-state index in [4.69, 9.17) is 5.73 Å². The smallest absolute Gasteiger partial charge is 0.0407 e. The zero-order valence-electron chi connectivity index (χ0n) is 18.3. The molecule has 3 aromatic carbocycles. The Bertz CT molecular complexity index is 908. The molecule has 2 aliphatic rings. The molecule has 3 heteroatoms. The summed E-state index contributed by atoms with van der Waals surface area (Å²) in [5.74, 6) is 1.19. The van der Waals surface area contributed by atoms with Crippen LogP contribution < -0.4 is 15.5 Å². The van der Waals surface area contributed by atoms with Gasteiger partial charge in [0.25, 0.3) is 0 Å². The topological polar surface area (TPSA) is 32.5 Å². The third-order valence-corrected chi connectivity index (χ3v) is 7.04. The van der Waals surface area contributed by atoms with Gasteiger partial charge in [-0.3, -0.25) is 0 Å². The molecule has 2 heterocycles. The molecular weight excluding hydrogens is 378 g/mol. The molecule has 0 bridgehead atoms. The summed E-state index contributed by atoms with van der Waals surface area (Å²) in [6, 6.07) is 28.6. The van der Waals surface area contributed by atoms with E-state index in [2.05, 4.69) is 88.7 Å². The van der Waals surface area contributed by atoms with Gasteiger partial charge in [0, 0.05) is 55.1 Å². The standard InChI is InChI=1S/C28H33N3/c29-26-17-27(30-15-7-13-24(20-30)22-9-3-1-4-10-22)19-28(18-26)31-16-8-14-25(21-31)23-11-5-2-6-12-23/h1-6,9-12,17-19,24-25H,7-8,13-16,20-21,29H2. The summed E-state index contributed by atoms with van der Waals surface area (Å²) in [5, 5.41) is 0. The van der Waals surface area contributed by atoms with E-state index in [0.717, 1.165) is 31.9 Å². The maximum atomic E-state index is 6.41. The number of nitrogens with zero attached hydrogens (tertiary/aromatic N) is 2. The van der Waals surface area contributed by atoms with Crippen LogP contribution in [0, 0.1) is 0 Å². The Labute approximate surface area is 186 Å². The number of anilines is 3. The molecule has 2 unspecified atom stereocenters. The van der Waals surface area contributed by atoms with Crippen molar-refractivity contribution in [3.8, 4) is 0 Å².